The third kappa shape index (κ3) is 2.96. The molecule has 2 rings (SSSR count). The molecule has 0 fully saturated rings. The molecule has 3 nitrogen and oxygen atoms in total. The van der Waals surface area contributed by atoms with Gasteiger partial charge in [0.1, 0.15) is 5.76 Å². The summed E-state index contributed by atoms with van der Waals surface area (Å²) in [5, 5.41) is 10.0. The van der Waals surface area contributed by atoms with Crippen LogP contribution in [-0.2, 0) is 9.59 Å². The standard InChI is InChI=1S/C16H18O3S/c1-3-13(17)16-14(18)8-11(9-15(16)19)10-5-4-6-12(7-10)20-2/h4-7,11,18H,3,8-9H2,1-2H3. The van der Waals surface area contributed by atoms with Crippen molar-refractivity contribution in [1.29, 1.82) is 0 Å². The molecular formula is C16H18O3S. The fraction of sp³-hybridized carbons (Fsp3) is 0.375. The first-order valence-corrected chi connectivity index (χ1v) is 7.91. The van der Waals surface area contributed by atoms with Gasteiger partial charge < -0.3 is 5.11 Å². The minimum atomic E-state index is -0.260. The van der Waals surface area contributed by atoms with Crippen molar-refractivity contribution in [2.45, 2.75) is 37.0 Å². The lowest BCUT2D eigenvalue weighted by Gasteiger charge is -2.23. The highest BCUT2D eigenvalue weighted by Crippen LogP contribution is 2.35. The van der Waals surface area contributed by atoms with Gasteiger partial charge in [-0.05, 0) is 29.9 Å². The molecule has 4 heteroatoms. The fourth-order valence-electron chi connectivity index (χ4n) is 2.52. The van der Waals surface area contributed by atoms with E-state index >= 15 is 0 Å². The molecule has 0 spiro atoms. The van der Waals surface area contributed by atoms with Crippen molar-refractivity contribution in [3.63, 3.8) is 0 Å². The SMILES string of the molecule is CCC(=O)C1=C(O)CC(c2cccc(SC)c2)CC1=O. The zero-order chi connectivity index (χ0) is 14.7. The molecule has 0 saturated carbocycles. The van der Waals surface area contributed by atoms with E-state index in [4.69, 9.17) is 0 Å². The number of aliphatic hydroxyl groups excluding tert-OH is 1. The summed E-state index contributed by atoms with van der Waals surface area (Å²) in [7, 11) is 0. The number of carbonyl (C=O) groups is 2. The second-order valence-corrected chi connectivity index (χ2v) is 5.78. The van der Waals surface area contributed by atoms with Gasteiger partial charge in [-0.15, -0.1) is 11.8 Å². The molecule has 1 aromatic rings. The van der Waals surface area contributed by atoms with Crippen molar-refractivity contribution in [2.75, 3.05) is 6.26 Å². The van der Waals surface area contributed by atoms with Gasteiger partial charge in [0.15, 0.2) is 11.6 Å². The molecule has 20 heavy (non-hydrogen) atoms. The van der Waals surface area contributed by atoms with Crippen molar-refractivity contribution >= 4 is 23.3 Å². The Hall–Kier alpha value is -1.55. The molecule has 0 aliphatic heterocycles. The van der Waals surface area contributed by atoms with Crippen LogP contribution in [0.15, 0.2) is 40.5 Å². The van der Waals surface area contributed by atoms with Crippen LogP contribution in [-0.4, -0.2) is 22.9 Å². The van der Waals surface area contributed by atoms with Crippen LogP contribution < -0.4 is 0 Å². The number of thioether (sulfide) groups is 1. The summed E-state index contributed by atoms with van der Waals surface area (Å²) < 4.78 is 0. The van der Waals surface area contributed by atoms with Crippen LogP contribution in [0.4, 0.5) is 0 Å². The minimum absolute atomic E-state index is 0.0183. The zero-order valence-electron chi connectivity index (χ0n) is 11.7. The van der Waals surface area contributed by atoms with Crippen LogP contribution in [0, 0.1) is 0 Å². The van der Waals surface area contributed by atoms with E-state index < -0.39 is 0 Å². The Balaban J connectivity index is 2.28. The molecule has 1 unspecified atom stereocenters. The lowest BCUT2D eigenvalue weighted by Crippen LogP contribution is -2.23. The van der Waals surface area contributed by atoms with Crippen molar-refractivity contribution < 1.29 is 14.7 Å². The molecule has 1 N–H and O–H groups in total. The Morgan fingerprint density at radius 2 is 2.15 bits per heavy atom. The lowest BCUT2D eigenvalue weighted by atomic mass is 9.81. The normalized spacial score (nSPS) is 19.3. The van der Waals surface area contributed by atoms with Gasteiger partial charge in [-0.25, -0.2) is 0 Å². The van der Waals surface area contributed by atoms with Crippen molar-refractivity contribution in [2.24, 2.45) is 0 Å². The van der Waals surface area contributed by atoms with Crippen LogP contribution in [0.2, 0.25) is 0 Å². The fourth-order valence-corrected chi connectivity index (χ4v) is 2.99. The van der Waals surface area contributed by atoms with E-state index in [1.807, 2.05) is 30.5 Å². The Kier molecular flexibility index (Phi) is 4.65. The lowest BCUT2D eigenvalue weighted by molar-refractivity contribution is -0.122. The molecule has 1 aliphatic rings. The second-order valence-electron chi connectivity index (χ2n) is 4.90. The Morgan fingerprint density at radius 1 is 1.40 bits per heavy atom. The van der Waals surface area contributed by atoms with Gasteiger partial charge in [-0.2, -0.15) is 0 Å². The Bertz CT molecular complexity index is 575. The van der Waals surface area contributed by atoms with Gasteiger partial charge in [-0.1, -0.05) is 19.1 Å². The monoisotopic (exact) mass is 290 g/mol. The molecule has 1 atom stereocenters. The maximum absolute atomic E-state index is 12.1. The summed E-state index contributed by atoms with van der Waals surface area (Å²) in [5.74, 6) is -0.584. The molecule has 1 aliphatic carbocycles. The molecule has 1 aromatic carbocycles. The largest absolute Gasteiger partial charge is 0.511 e. The van der Waals surface area contributed by atoms with Crippen molar-refractivity contribution in [3.05, 3.63) is 41.2 Å². The highest BCUT2D eigenvalue weighted by molar-refractivity contribution is 7.98. The maximum atomic E-state index is 12.1. The van der Waals surface area contributed by atoms with E-state index in [1.54, 1.807) is 18.7 Å². The molecule has 106 valence electrons. The summed E-state index contributed by atoms with van der Waals surface area (Å²) in [6.45, 7) is 1.70. The zero-order valence-corrected chi connectivity index (χ0v) is 12.5. The first kappa shape index (κ1) is 14.9. The molecule has 0 saturated heterocycles. The number of allylic oxidation sites excluding steroid dienone is 2. The van der Waals surface area contributed by atoms with Gasteiger partial charge in [0.05, 0.1) is 5.57 Å². The first-order chi connectivity index (χ1) is 9.56. The first-order valence-electron chi connectivity index (χ1n) is 6.69. The number of Topliss-reactive ketones (excluding diaryl/α,β-unsaturated/α-hetero) is 2. The number of hydrogen-bond donors (Lipinski definition) is 1. The highest BCUT2D eigenvalue weighted by Gasteiger charge is 2.31. The van der Waals surface area contributed by atoms with E-state index in [2.05, 4.69) is 0 Å². The number of rotatable bonds is 4. The molecular weight excluding hydrogens is 272 g/mol. The summed E-state index contributed by atoms with van der Waals surface area (Å²) in [6, 6.07) is 7.99. The number of ketones is 2. The van der Waals surface area contributed by atoms with Gasteiger partial charge in [0.25, 0.3) is 0 Å². The Labute approximate surface area is 123 Å². The topological polar surface area (TPSA) is 54.4 Å². The molecule has 0 amide bonds. The summed E-state index contributed by atoms with van der Waals surface area (Å²) >= 11 is 1.64. The van der Waals surface area contributed by atoms with E-state index in [0.717, 1.165) is 10.5 Å². The predicted molar refractivity (Wildman–Crippen MR) is 80.2 cm³/mol. The smallest absolute Gasteiger partial charge is 0.170 e. The van der Waals surface area contributed by atoms with Crippen LogP contribution in [0.25, 0.3) is 0 Å². The van der Waals surface area contributed by atoms with E-state index in [1.165, 1.54) is 0 Å². The average molecular weight is 290 g/mol. The van der Waals surface area contributed by atoms with Gasteiger partial charge in [0, 0.05) is 24.2 Å². The van der Waals surface area contributed by atoms with Crippen LogP contribution in [0.1, 0.15) is 37.7 Å². The van der Waals surface area contributed by atoms with E-state index in [0.29, 0.717) is 12.8 Å². The van der Waals surface area contributed by atoms with E-state index in [-0.39, 0.29) is 35.2 Å². The predicted octanol–water partition coefficient (Wildman–Crippen LogP) is 3.65. The van der Waals surface area contributed by atoms with Gasteiger partial charge in [0.2, 0.25) is 0 Å². The second kappa shape index (κ2) is 6.27. The summed E-state index contributed by atoms with van der Waals surface area (Å²) in [6.07, 6.45) is 2.91. The average Bonchev–Trinajstić information content (AvgIpc) is 2.46. The minimum Gasteiger partial charge on any atom is -0.511 e. The van der Waals surface area contributed by atoms with Crippen molar-refractivity contribution in [1.82, 2.24) is 0 Å². The highest BCUT2D eigenvalue weighted by atomic mass is 32.2. The van der Waals surface area contributed by atoms with Gasteiger partial charge in [-0.3, -0.25) is 9.59 Å². The van der Waals surface area contributed by atoms with Crippen LogP contribution in [0.3, 0.4) is 0 Å². The number of benzene rings is 1. The quantitative estimate of drug-likeness (QED) is 0.679. The third-order valence-corrected chi connectivity index (χ3v) is 4.33. The number of aliphatic hydroxyl groups is 1. The summed E-state index contributed by atoms with van der Waals surface area (Å²) in [4.78, 5) is 24.9. The third-order valence-electron chi connectivity index (χ3n) is 3.60. The summed E-state index contributed by atoms with van der Waals surface area (Å²) in [5.41, 5.74) is 1.06. The van der Waals surface area contributed by atoms with E-state index in [9.17, 15) is 14.7 Å². The maximum Gasteiger partial charge on any atom is 0.170 e. The molecule has 0 aromatic heterocycles. The van der Waals surface area contributed by atoms with Crippen LogP contribution >= 0.6 is 11.8 Å². The molecule has 0 radical (unpaired) electrons. The Morgan fingerprint density at radius 3 is 2.75 bits per heavy atom. The number of hydrogen-bond acceptors (Lipinski definition) is 4. The van der Waals surface area contributed by atoms with Crippen molar-refractivity contribution in [3.8, 4) is 0 Å². The molecule has 0 bridgehead atoms. The number of carbonyl (C=O) groups excluding carboxylic acids is 2. The van der Waals surface area contributed by atoms with Crippen LogP contribution in [0.5, 0.6) is 0 Å². The molecule has 0 heterocycles. The van der Waals surface area contributed by atoms with Gasteiger partial charge >= 0.3 is 0 Å².